The average Bonchev–Trinajstić information content (AvgIpc) is 2.53. The fourth-order valence-corrected chi connectivity index (χ4v) is 2.86. The molecule has 0 amide bonds. The van der Waals surface area contributed by atoms with Crippen molar-refractivity contribution in [3.05, 3.63) is 65.0 Å². The number of hydrogen-bond donors (Lipinski definition) is 1. The van der Waals surface area contributed by atoms with E-state index < -0.39 is 0 Å². The van der Waals surface area contributed by atoms with Crippen molar-refractivity contribution in [2.75, 3.05) is 6.61 Å². The molecule has 0 saturated carbocycles. The Balaban J connectivity index is 1.79. The van der Waals surface area contributed by atoms with E-state index in [1.165, 1.54) is 17.2 Å². The van der Waals surface area contributed by atoms with Gasteiger partial charge in [-0.1, -0.05) is 44.2 Å². The first-order chi connectivity index (χ1) is 10.6. The molecule has 1 heterocycles. The highest BCUT2D eigenvalue weighted by Gasteiger charge is 2.22. The molecule has 1 aliphatic rings. The first kappa shape index (κ1) is 15.0. The summed E-state index contributed by atoms with van der Waals surface area (Å²) in [6.07, 6.45) is 0.906. The van der Waals surface area contributed by atoms with Crippen molar-refractivity contribution >= 4 is 0 Å². The largest absolute Gasteiger partial charge is 0.493 e. The third kappa shape index (κ3) is 3.14. The lowest BCUT2D eigenvalue weighted by Gasteiger charge is -2.28. The zero-order valence-corrected chi connectivity index (χ0v) is 13.1. The molecule has 1 atom stereocenters. The van der Waals surface area contributed by atoms with Crippen LogP contribution in [-0.4, -0.2) is 6.61 Å². The Labute approximate surface area is 131 Å². The molecule has 1 N–H and O–H groups in total. The lowest BCUT2D eigenvalue weighted by Crippen LogP contribution is -2.27. The number of ether oxygens (including phenoxy) is 1. The van der Waals surface area contributed by atoms with E-state index in [2.05, 4.69) is 37.4 Å². The lowest BCUT2D eigenvalue weighted by molar-refractivity contribution is 0.251. The third-order valence-corrected chi connectivity index (χ3v) is 4.24. The van der Waals surface area contributed by atoms with Gasteiger partial charge >= 0.3 is 0 Å². The van der Waals surface area contributed by atoms with Crippen molar-refractivity contribution in [2.24, 2.45) is 0 Å². The van der Waals surface area contributed by atoms with Crippen LogP contribution in [0.15, 0.2) is 42.5 Å². The van der Waals surface area contributed by atoms with E-state index in [9.17, 15) is 4.39 Å². The molecule has 0 aromatic heterocycles. The zero-order chi connectivity index (χ0) is 15.5. The molecule has 2 aromatic carbocycles. The average molecular weight is 299 g/mol. The summed E-state index contributed by atoms with van der Waals surface area (Å²) in [5.74, 6) is 1.28. The Morgan fingerprint density at radius 2 is 2.05 bits per heavy atom. The molecule has 0 radical (unpaired) electrons. The molecule has 116 valence electrons. The van der Waals surface area contributed by atoms with Crippen molar-refractivity contribution in [3.63, 3.8) is 0 Å². The van der Waals surface area contributed by atoms with Crippen molar-refractivity contribution in [1.82, 2.24) is 5.32 Å². The van der Waals surface area contributed by atoms with Crippen LogP contribution in [0.2, 0.25) is 0 Å². The maximum absolute atomic E-state index is 13.7. The molecule has 1 unspecified atom stereocenters. The quantitative estimate of drug-likeness (QED) is 0.893. The van der Waals surface area contributed by atoms with E-state index >= 15 is 0 Å². The number of halogens is 1. The Morgan fingerprint density at radius 1 is 1.23 bits per heavy atom. The summed E-state index contributed by atoms with van der Waals surface area (Å²) in [6, 6.07) is 13.5. The molecule has 0 saturated heterocycles. The van der Waals surface area contributed by atoms with E-state index in [4.69, 9.17) is 4.74 Å². The van der Waals surface area contributed by atoms with E-state index in [-0.39, 0.29) is 11.9 Å². The SMILES string of the molecule is CC(C)c1ccc2c(c1)C(NCc1ccccc1F)CCO2. The minimum Gasteiger partial charge on any atom is -0.493 e. The van der Waals surface area contributed by atoms with E-state index in [1.54, 1.807) is 6.07 Å². The summed E-state index contributed by atoms with van der Waals surface area (Å²) < 4.78 is 19.5. The number of benzene rings is 2. The van der Waals surface area contributed by atoms with Gasteiger partial charge in [0.05, 0.1) is 6.61 Å². The zero-order valence-electron chi connectivity index (χ0n) is 13.1. The molecule has 3 rings (SSSR count). The first-order valence-corrected chi connectivity index (χ1v) is 7.88. The summed E-state index contributed by atoms with van der Waals surface area (Å²) in [7, 11) is 0. The van der Waals surface area contributed by atoms with Crippen LogP contribution in [0.3, 0.4) is 0 Å². The Hall–Kier alpha value is -1.87. The van der Waals surface area contributed by atoms with Gasteiger partial charge < -0.3 is 10.1 Å². The number of hydrogen-bond acceptors (Lipinski definition) is 2. The van der Waals surface area contributed by atoms with Crippen molar-refractivity contribution in [1.29, 1.82) is 0 Å². The Morgan fingerprint density at radius 3 is 2.82 bits per heavy atom. The topological polar surface area (TPSA) is 21.3 Å². The monoisotopic (exact) mass is 299 g/mol. The Kier molecular flexibility index (Phi) is 4.44. The van der Waals surface area contributed by atoms with Gasteiger partial charge in [0.2, 0.25) is 0 Å². The van der Waals surface area contributed by atoms with Gasteiger partial charge in [0.25, 0.3) is 0 Å². The summed E-state index contributed by atoms with van der Waals surface area (Å²) >= 11 is 0. The summed E-state index contributed by atoms with van der Waals surface area (Å²) in [4.78, 5) is 0. The molecule has 2 nitrogen and oxygen atoms in total. The normalized spacial score (nSPS) is 17.2. The van der Waals surface area contributed by atoms with Crippen LogP contribution in [0.4, 0.5) is 4.39 Å². The van der Waals surface area contributed by atoms with E-state index in [1.807, 2.05) is 12.1 Å². The predicted octanol–water partition coefficient (Wildman–Crippen LogP) is 4.56. The van der Waals surface area contributed by atoms with Crippen LogP contribution in [0.1, 0.15) is 48.9 Å². The molecule has 1 aliphatic heterocycles. The van der Waals surface area contributed by atoms with Gasteiger partial charge in [-0.2, -0.15) is 0 Å². The van der Waals surface area contributed by atoms with Crippen molar-refractivity contribution in [3.8, 4) is 5.75 Å². The van der Waals surface area contributed by atoms with Gasteiger partial charge in [-0.25, -0.2) is 4.39 Å². The van der Waals surface area contributed by atoms with Crippen molar-refractivity contribution in [2.45, 2.75) is 38.8 Å². The minimum absolute atomic E-state index is 0.154. The summed E-state index contributed by atoms with van der Waals surface area (Å²) in [5, 5.41) is 3.48. The Bertz CT molecular complexity index is 654. The second-order valence-corrected chi connectivity index (χ2v) is 6.11. The highest BCUT2D eigenvalue weighted by Crippen LogP contribution is 2.34. The molecule has 3 heteroatoms. The maximum atomic E-state index is 13.7. The molecule has 0 spiro atoms. The lowest BCUT2D eigenvalue weighted by atomic mass is 9.94. The van der Waals surface area contributed by atoms with Crippen LogP contribution < -0.4 is 10.1 Å². The van der Waals surface area contributed by atoms with Crippen LogP contribution in [-0.2, 0) is 6.54 Å². The fraction of sp³-hybridized carbons (Fsp3) is 0.368. The standard InChI is InChI=1S/C19H22FNO/c1-13(2)14-7-8-19-16(11-14)18(9-10-22-19)21-12-15-5-3-4-6-17(15)20/h3-8,11,13,18,21H,9-10,12H2,1-2H3. The molecular weight excluding hydrogens is 277 g/mol. The molecule has 2 aromatic rings. The third-order valence-electron chi connectivity index (χ3n) is 4.24. The number of rotatable bonds is 4. The van der Waals surface area contributed by atoms with Crippen LogP contribution in [0.25, 0.3) is 0 Å². The minimum atomic E-state index is -0.154. The molecule has 0 fully saturated rings. The summed E-state index contributed by atoms with van der Waals surface area (Å²) in [5.41, 5.74) is 3.20. The van der Waals surface area contributed by atoms with Gasteiger partial charge in [-0.05, 0) is 23.6 Å². The second-order valence-electron chi connectivity index (χ2n) is 6.11. The molecule has 22 heavy (non-hydrogen) atoms. The molecule has 0 bridgehead atoms. The highest BCUT2D eigenvalue weighted by molar-refractivity contribution is 5.41. The van der Waals surface area contributed by atoms with Crippen molar-refractivity contribution < 1.29 is 9.13 Å². The summed E-state index contributed by atoms with van der Waals surface area (Å²) in [6.45, 7) is 5.60. The van der Waals surface area contributed by atoms with Gasteiger partial charge in [0, 0.05) is 30.1 Å². The number of nitrogens with one attached hydrogen (secondary N) is 1. The predicted molar refractivity (Wildman–Crippen MR) is 86.6 cm³/mol. The van der Waals surface area contributed by atoms with Crippen LogP contribution in [0, 0.1) is 5.82 Å². The fourth-order valence-electron chi connectivity index (χ4n) is 2.86. The smallest absolute Gasteiger partial charge is 0.127 e. The van der Waals surface area contributed by atoms with Crippen LogP contribution in [0.5, 0.6) is 5.75 Å². The molecular formula is C19H22FNO. The highest BCUT2D eigenvalue weighted by atomic mass is 19.1. The molecule has 0 aliphatic carbocycles. The van der Waals surface area contributed by atoms with Gasteiger partial charge in [-0.3, -0.25) is 0 Å². The van der Waals surface area contributed by atoms with Gasteiger partial charge in [0.15, 0.2) is 0 Å². The number of fused-ring (bicyclic) bond motifs is 1. The van der Waals surface area contributed by atoms with Gasteiger partial charge in [0.1, 0.15) is 11.6 Å². The van der Waals surface area contributed by atoms with Gasteiger partial charge in [-0.15, -0.1) is 0 Å². The van der Waals surface area contributed by atoms with E-state index in [0.717, 1.165) is 12.2 Å². The van der Waals surface area contributed by atoms with Crippen LogP contribution >= 0.6 is 0 Å². The first-order valence-electron chi connectivity index (χ1n) is 7.88. The maximum Gasteiger partial charge on any atom is 0.127 e. The second kappa shape index (κ2) is 6.49. The van der Waals surface area contributed by atoms with E-state index in [0.29, 0.717) is 24.6 Å².